The summed E-state index contributed by atoms with van der Waals surface area (Å²) in [7, 11) is 1.57. The largest absolute Gasteiger partial charge is 0.398 e. The molecule has 17 heavy (non-hydrogen) atoms. The number of hydrogen-bond acceptors (Lipinski definition) is 3. The lowest BCUT2D eigenvalue weighted by molar-refractivity contribution is 0.0229. The normalized spacial score (nSPS) is 11.3. The van der Waals surface area contributed by atoms with Crippen LogP contribution < -0.4 is 11.1 Å². The molecule has 0 bridgehead atoms. The van der Waals surface area contributed by atoms with Crippen molar-refractivity contribution >= 4 is 11.6 Å². The van der Waals surface area contributed by atoms with Crippen LogP contribution in [-0.2, 0) is 4.74 Å². The van der Waals surface area contributed by atoms with E-state index in [1.165, 1.54) is 12.1 Å². The van der Waals surface area contributed by atoms with Gasteiger partial charge in [0.25, 0.3) is 5.91 Å². The van der Waals surface area contributed by atoms with Crippen LogP contribution in [0.4, 0.5) is 10.1 Å². The van der Waals surface area contributed by atoms with E-state index < -0.39 is 11.4 Å². The molecule has 94 valence electrons. The van der Waals surface area contributed by atoms with Crippen LogP contribution in [-0.4, -0.2) is 25.2 Å². The number of rotatable bonds is 4. The number of carbonyl (C=O) groups excluding carboxylic acids is 1. The lowest BCUT2D eigenvalue weighted by atomic mass is 10.1. The molecule has 0 radical (unpaired) electrons. The van der Waals surface area contributed by atoms with Gasteiger partial charge in [0.05, 0.1) is 11.2 Å². The Hall–Kier alpha value is -1.62. The average molecular weight is 240 g/mol. The third-order valence-electron chi connectivity index (χ3n) is 2.49. The van der Waals surface area contributed by atoms with Crippen molar-refractivity contribution in [2.75, 3.05) is 19.4 Å². The summed E-state index contributed by atoms with van der Waals surface area (Å²) < 4.78 is 18.0. The van der Waals surface area contributed by atoms with E-state index in [2.05, 4.69) is 5.32 Å². The molecule has 0 saturated heterocycles. The Balaban J connectivity index is 2.71. The molecular weight excluding hydrogens is 223 g/mol. The van der Waals surface area contributed by atoms with Gasteiger partial charge in [-0.1, -0.05) is 0 Å². The zero-order valence-electron chi connectivity index (χ0n) is 10.2. The summed E-state index contributed by atoms with van der Waals surface area (Å²) >= 11 is 0. The highest BCUT2D eigenvalue weighted by atomic mass is 19.1. The summed E-state index contributed by atoms with van der Waals surface area (Å²) in [5.74, 6) is -0.802. The zero-order chi connectivity index (χ0) is 13.1. The first kappa shape index (κ1) is 13.4. The first-order chi connectivity index (χ1) is 7.85. The lowest BCUT2D eigenvalue weighted by Gasteiger charge is -2.23. The quantitative estimate of drug-likeness (QED) is 0.785. The lowest BCUT2D eigenvalue weighted by Crippen LogP contribution is -2.39. The van der Waals surface area contributed by atoms with E-state index in [4.69, 9.17) is 10.5 Å². The minimum atomic E-state index is -0.462. The van der Waals surface area contributed by atoms with Crippen molar-refractivity contribution in [1.29, 1.82) is 0 Å². The summed E-state index contributed by atoms with van der Waals surface area (Å²) in [6.45, 7) is 4.04. The Morgan fingerprint density at radius 2 is 2.18 bits per heavy atom. The maximum atomic E-state index is 12.8. The van der Waals surface area contributed by atoms with Gasteiger partial charge in [-0.3, -0.25) is 4.79 Å². The van der Waals surface area contributed by atoms with E-state index in [0.717, 1.165) is 6.07 Å². The summed E-state index contributed by atoms with van der Waals surface area (Å²) in [6, 6.07) is 3.68. The van der Waals surface area contributed by atoms with E-state index in [1.54, 1.807) is 7.11 Å². The van der Waals surface area contributed by atoms with Crippen LogP contribution in [0.3, 0.4) is 0 Å². The van der Waals surface area contributed by atoms with E-state index in [-0.39, 0.29) is 17.2 Å². The smallest absolute Gasteiger partial charge is 0.253 e. The summed E-state index contributed by atoms with van der Waals surface area (Å²) in [5, 5.41) is 2.68. The van der Waals surface area contributed by atoms with Crippen LogP contribution in [0.1, 0.15) is 24.2 Å². The monoisotopic (exact) mass is 240 g/mol. The highest BCUT2D eigenvalue weighted by molar-refractivity contribution is 5.99. The molecule has 0 atom stereocenters. The molecule has 0 unspecified atom stereocenters. The van der Waals surface area contributed by atoms with Crippen molar-refractivity contribution in [2.24, 2.45) is 0 Å². The van der Waals surface area contributed by atoms with Crippen molar-refractivity contribution in [2.45, 2.75) is 19.4 Å². The Kier molecular flexibility index (Phi) is 4.07. The van der Waals surface area contributed by atoms with Crippen LogP contribution in [0.15, 0.2) is 18.2 Å². The fourth-order valence-electron chi connectivity index (χ4n) is 1.20. The zero-order valence-corrected chi connectivity index (χ0v) is 10.2. The SMILES string of the molecule is COC(C)(C)CNC(=O)c1ccc(F)cc1N. The molecule has 1 rings (SSSR count). The fraction of sp³-hybridized carbons (Fsp3) is 0.417. The van der Waals surface area contributed by atoms with Crippen LogP contribution in [0.5, 0.6) is 0 Å². The van der Waals surface area contributed by atoms with E-state index in [1.807, 2.05) is 13.8 Å². The molecule has 1 amide bonds. The van der Waals surface area contributed by atoms with Crippen molar-refractivity contribution in [1.82, 2.24) is 5.32 Å². The molecule has 1 aromatic carbocycles. The van der Waals surface area contributed by atoms with Gasteiger partial charge >= 0.3 is 0 Å². The first-order valence-electron chi connectivity index (χ1n) is 5.24. The number of methoxy groups -OCH3 is 1. The number of carbonyl (C=O) groups is 1. The molecule has 3 N–H and O–H groups in total. The van der Waals surface area contributed by atoms with Crippen molar-refractivity contribution in [3.63, 3.8) is 0 Å². The van der Waals surface area contributed by atoms with Crippen LogP contribution >= 0.6 is 0 Å². The van der Waals surface area contributed by atoms with Gasteiger partial charge in [0.15, 0.2) is 0 Å². The Labute approximate surface area is 100.0 Å². The third kappa shape index (κ3) is 3.71. The van der Waals surface area contributed by atoms with E-state index in [0.29, 0.717) is 6.54 Å². The second kappa shape index (κ2) is 5.14. The number of hydrogen-bond donors (Lipinski definition) is 2. The molecule has 0 aromatic heterocycles. The van der Waals surface area contributed by atoms with Crippen molar-refractivity contribution < 1.29 is 13.9 Å². The number of nitrogen functional groups attached to an aromatic ring is 1. The number of benzene rings is 1. The molecule has 1 aromatic rings. The minimum Gasteiger partial charge on any atom is -0.398 e. The Morgan fingerprint density at radius 1 is 1.53 bits per heavy atom. The Bertz CT molecular complexity index is 419. The van der Waals surface area contributed by atoms with Gasteiger partial charge in [-0.15, -0.1) is 0 Å². The van der Waals surface area contributed by atoms with E-state index in [9.17, 15) is 9.18 Å². The summed E-state index contributed by atoms with van der Waals surface area (Å²) in [5.41, 5.74) is 5.49. The standard InChI is InChI=1S/C12H17FN2O2/c1-12(2,17-3)7-15-11(16)9-5-4-8(13)6-10(9)14/h4-6H,7,14H2,1-3H3,(H,15,16). The number of ether oxygens (including phenoxy) is 1. The second-order valence-corrected chi connectivity index (χ2v) is 4.38. The van der Waals surface area contributed by atoms with Gasteiger partial charge < -0.3 is 15.8 Å². The summed E-state index contributed by atoms with van der Waals surface area (Å²) in [4.78, 5) is 11.8. The molecule has 0 fully saturated rings. The highest BCUT2D eigenvalue weighted by Gasteiger charge is 2.18. The number of halogens is 1. The van der Waals surface area contributed by atoms with Gasteiger partial charge in [-0.2, -0.15) is 0 Å². The van der Waals surface area contributed by atoms with Crippen LogP contribution in [0.25, 0.3) is 0 Å². The van der Waals surface area contributed by atoms with Gasteiger partial charge in [-0.05, 0) is 32.0 Å². The van der Waals surface area contributed by atoms with E-state index >= 15 is 0 Å². The maximum Gasteiger partial charge on any atom is 0.253 e. The minimum absolute atomic E-state index is 0.123. The van der Waals surface area contributed by atoms with Crippen molar-refractivity contribution in [3.05, 3.63) is 29.6 Å². The second-order valence-electron chi connectivity index (χ2n) is 4.38. The highest BCUT2D eigenvalue weighted by Crippen LogP contribution is 2.13. The number of nitrogens with two attached hydrogens (primary N) is 1. The fourth-order valence-corrected chi connectivity index (χ4v) is 1.20. The van der Waals surface area contributed by atoms with Gasteiger partial charge in [0.2, 0.25) is 0 Å². The average Bonchev–Trinajstić information content (AvgIpc) is 2.26. The molecule has 0 aliphatic heterocycles. The molecule has 0 aliphatic carbocycles. The van der Waals surface area contributed by atoms with Crippen LogP contribution in [0, 0.1) is 5.82 Å². The summed E-state index contributed by atoms with van der Waals surface area (Å²) in [6.07, 6.45) is 0. The molecule has 5 heteroatoms. The Morgan fingerprint density at radius 3 is 2.71 bits per heavy atom. The number of nitrogens with one attached hydrogen (secondary N) is 1. The molecule has 0 saturated carbocycles. The number of anilines is 1. The van der Waals surface area contributed by atoms with Gasteiger partial charge in [0, 0.05) is 19.3 Å². The maximum absolute atomic E-state index is 12.8. The topological polar surface area (TPSA) is 64.3 Å². The van der Waals surface area contributed by atoms with Gasteiger partial charge in [-0.25, -0.2) is 4.39 Å². The predicted octanol–water partition coefficient (Wildman–Crippen LogP) is 1.56. The van der Waals surface area contributed by atoms with Crippen LogP contribution in [0.2, 0.25) is 0 Å². The third-order valence-corrected chi connectivity index (χ3v) is 2.49. The predicted molar refractivity (Wildman–Crippen MR) is 64.2 cm³/mol. The number of amides is 1. The molecule has 0 heterocycles. The first-order valence-corrected chi connectivity index (χ1v) is 5.24. The van der Waals surface area contributed by atoms with Crippen molar-refractivity contribution in [3.8, 4) is 0 Å². The molecule has 0 spiro atoms. The molecule has 0 aliphatic rings. The molecular formula is C12H17FN2O2. The molecule has 4 nitrogen and oxygen atoms in total. The van der Waals surface area contributed by atoms with Gasteiger partial charge in [0.1, 0.15) is 5.82 Å².